The SMILES string of the molecule is CCC(CC)(NC(=O)C1CCC(=O)NC1)C(=O)O. The number of amides is 2. The van der Waals surface area contributed by atoms with Crippen LogP contribution in [-0.2, 0) is 14.4 Å². The molecule has 0 radical (unpaired) electrons. The van der Waals surface area contributed by atoms with Gasteiger partial charge in [0.25, 0.3) is 0 Å². The van der Waals surface area contributed by atoms with Gasteiger partial charge in [0.1, 0.15) is 5.54 Å². The van der Waals surface area contributed by atoms with Crippen LogP contribution in [-0.4, -0.2) is 35.0 Å². The number of rotatable bonds is 5. The molecule has 1 atom stereocenters. The van der Waals surface area contributed by atoms with Gasteiger partial charge < -0.3 is 15.7 Å². The third-order valence-electron chi connectivity index (χ3n) is 3.62. The first kappa shape index (κ1) is 14.5. The molecule has 0 bridgehead atoms. The molecule has 3 N–H and O–H groups in total. The van der Waals surface area contributed by atoms with Gasteiger partial charge in [0.15, 0.2) is 0 Å². The van der Waals surface area contributed by atoms with Crippen LogP contribution in [0, 0.1) is 5.92 Å². The first-order valence-electron chi connectivity index (χ1n) is 6.27. The Labute approximate surface area is 106 Å². The lowest BCUT2D eigenvalue weighted by Gasteiger charge is -2.31. The molecule has 6 nitrogen and oxygen atoms in total. The Morgan fingerprint density at radius 1 is 1.44 bits per heavy atom. The summed E-state index contributed by atoms with van der Waals surface area (Å²) >= 11 is 0. The summed E-state index contributed by atoms with van der Waals surface area (Å²) in [6.07, 6.45) is 1.46. The highest BCUT2D eigenvalue weighted by Gasteiger charge is 2.38. The molecule has 0 aliphatic carbocycles. The molecule has 0 saturated carbocycles. The maximum atomic E-state index is 12.0. The number of hydrogen-bond acceptors (Lipinski definition) is 3. The maximum absolute atomic E-state index is 12.0. The Morgan fingerprint density at radius 2 is 2.06 bits per heavy atom. The van der Waals surface area contributed by atoms with Crippen molar-refractivity contribution < 1.29 is 19.5 Å². The Hall–Kier alpha value is -1.59. The minimum atomic E-state index is -1.20. The smallest absolute Gasteiger partial charge is 0.329 e. The lowest BCUT2D eigenvalue weighted by Crippen LogP contribution is -2.56. The van der Waals surface area contributed by atoms with Crippen molar-refractivity contribution in [2.24, 2.45) is 5.92 Å². The Kier molecular flexibility index (Phi) is 4.69. The van der Waals surface area contributed by atoms with Crippen molar-refractivity contribution in [1.82, 2.24) is 10.6 Å². The van der Waals surface area contributed by atoms with E-state index in [1.54, 1.807) is 13.8 Å². The van der Waals surface area contributed by atoms with Gasteiger partial charge in [0, 0.05) is 13.0 Å². The molecular formula is C12H20N2O4. The number of hydrogen-bond donors (Lipinski definition) is 3. The summed E-state index contributed by atoms with van der Waals surface area (Å²) in [5.41, 5.74) is -1.20. The summed E-state index contributed by atoms with van der Waals surface area (Å²) in [5.74, 6) is -1.70. The highest BCUT2D eigenvalue weighted by molar-refractivity contribution is 5.89. The zero-order valence-electron chi connectivity index (χ0n) is 10.8. The zero-order valence-corrected chi connectivity index (χ0v) is 10.8. The summed E-state index contributed by atoms with van der Waals surface area (Å²) in [6.45, 7) is 3.76. The number of carboxylic acid groups (broad SMARTS) is 1. The molecule has 1 fully saturated rings. The van der Waals surface area contributed by atoms with Gasteiger partial charge >= 0.3 is 5.97 Å². The lowest BCUT2D eigenvalue weighted by atomic mass is 9.90. The van der Waals surface area contributed by atoms with Crippen molar-refractivity contribution in [3.05, 3.63) is 0 Å². The summed E-state index contributed by atoms with van der Waals surface area (Å²) in [5, 5.41) is 14.5. The average Bonchev–Trinajstić information content (AvgIpc) is 2.36. The third kappa shape index (κ3) is 3.00. The molecule has 0 aromatic rings. The van der Waals surface area contributed by atoms with E-state index in [2.05, 4.69) is 10.6 Å². The molecular weight excluding hydrogens is 236 g/mol. The molecule has 1 unspecified atom stereocenters. The molecule has 0 spiro atoms. The van der Waals surface area contributed by atoms with Gasteiger partial charge in [-0.3, -0.25) is 9.59 Å². The van der Waals surface area contributed by atoms with Crippen molar-refractivity contribution in [2.45, 2.75) is 45.1 Å². The Morgan fingerprint density at radius 3 is 2.44 bits per heavy atom. The zero-order chi connectivity index (χ0) is 13.8. The molecule has 2 amide bonds. The second-order valence-electron chi connectivity index (χ2n) is 4.62. The molecule has 1 saturated heterocycles. The third-order valence-corrected chi connectivity index (χ3v) is 3.62. The van der Waals surface area contributed by atoms with Gasteiger partial charge in [-0.05, 0) is 19.3 Å². The van der Waals surface area contributed by atoms with Crippen LogP contribution in [0.1, 0.15) is 39.5 Å². The highest BCUT2D eigenvalue weighted by Crippen LogP contribution is 2.18. The second-order valence-corrected chi connectivity index (χ2v) is 4.62. The summed E-state index contributed by atoms with van der Waals surface area (Å²) in [6, 6.07) is 0. The van der Waals surface area contributed by atoms with Crippen LogP contribution in [0.15, 0.2) is 0 Å². The number of nitrogens with one attached hydrogen (secondary N) is 2. The van der Waals surface area contributed by atoms with Crippen LogP contribution >= 0.6 is 0 Å². The monoisotopic (exact) mass is 256 g/mol. The van der Waals surface area contributed by atoms with Gasteiger partial charge in [-0.15, -0.1) is 0 Å². The van der Waals surface area contributed by atoms with E-state index < -0.39 is 11.5 Å². The first-order chi connectivity index (χ1) is 8.45. The molecule has 1 aliphatic heterocycles. The summed E-state index contributed by atoms with van der Waals surface area (Å²) < 4.78 is 0. The largest absolute Gasteiger partial charge is 0.480 e. The van der Waals surface area contributed by atoms with Crippen LogP contribution in [0.4, 0.5) is 0 Å². The van der Waals surface area contributed by atoms with Crippen LogP contribution in [0.25, 0.3) is 0 Å². The van der Waals surface area contributed by atoms with Crippen LogP contribution in [0.3, 0.4) is 0 Å². The quantitative estimate of drug-likeness (QED) is 0.658. The van der Waals surface area contributed by atoms with Gasteiger partial charge in [-0.1, -0.05) is 13.8 Å². The van der Waals surface area contributed by atoms with E-state index in [0.29, 0.717) is 25.7 Å². The molecule has 0 aromatic heterocycles. The Balaban J connectivity index is 2.67. The van der Waals surface area contributed by atoms with E-state index in [1.807, 2.05) is 0 Å². The van der Waals surface area contributed by atoms with E-state index >= 15 is 0 Å². The fourth-order valence-electron chi connectivity index (χ4n) is 2.08. The molecule has 102 valence electrons. The normalized spacial score (nSPS) is 20.1. The molecule has 0 aromatic carbocycles. The highest BCUT2D eigenvalue weighted by atomic mass is 16.4. The van der Waals surface area contributed by atoms with E-state index in [4.69, 9.17) is 0 Å². The standard InChI is InChI=1S/C12H20N2O4/c1-3-12(4-2,11(17)18)14-10(16)8-5-6-9(15)13-7-8/h8H,3-7H2,1-2H3,(H,13,15)(H,14,16)(H,17,18). The summed E-state index contributed by atoms with van der Waals surface area (Å²) in [7, 11) is 0. The van der Waals surface area contributed by atoms with Crippen molar-refractivity contribution in [3.8, 4) is 0 Å². The van der Waals surface area contributed by atoms with Crippen LogP contribution < -0.4 is 10.6 Å². The van der Waals surface area contributed by atoms with Crippen molar-refractivity contribution in [3.63, 3.8) is 0 Å². The molecule has 1 heterocycles. The Bertz CT molecular complexity index is 340. The van der Waals surface area contributed by atoms with E-state index in [1.165, 1.54) is 0 Å². The van der Waals surface area contributed by atoms with Crippen molar-refractivity contribution in [2.75, 3.05) is 6.54 Å². The van der Waals surface area contributed by atoms with Gasteiger partial charge in [-0.25, -0.2) is 4.79 Å². The minimum absolute atomic E-state index is 0.0606. The topological polar surface area (TPSA) is 95.5 Å². The van der Waals surface area contributed by atoms with E-state index in [0.717, 1.165) is 0 Å². The number of carbonyl (C=O) groups excluding carboxylic acids is 2. The first-order valence-corrected chi connectivity index (χ1v) is 6.27. The molecule has 18 heavy (non-hydrogen) atoms. The number of carboxylic acids is 1. The predicted octanol–water partition coefficient (Wildman–Crippen LogP) is 0.272. The molecule has 1 aliphatic rings. The average molecular weight is 256 g/mol. The number of aliphatic carboxylic acids is 1. The van der Waals surface area contributed by atoms with Crippen LogP contribution in [0.5, 0.6) is 0 Å². The maximum Gasteiger partial charge on any atom is 0.329 e. The van der Waals surface area contributed by atoms with Gasteiger partial charge in [0.2, 0.25) is 11.8 Å². The number of piperidine rings is 1. The molecule has 1 rings (SSSR count). The van der Waals surface area contributed by atoms with E-state index in [9.17, 15) is 19.5 Å². The minimum Gasteiger partial charge on any atom is -0.480 e. The fraction of sp³-hybridized carbons (Fsp3) is 0.750. The van der Waals surface area contributed by atoms with Gasteiger partial charge in [0.05, 0.1) is 5.92 Å². The summed E-state index contributed by atoms with van der Waals surface area (Å²) in [4.78, 5) is 34.3. The number of carbonyl (C=O) groups is 3. The lowest BCUT2D eigenvalue weighted by molar-refractivity contribution is -0.149. The van der Waals surface area contributed by atoms with Crippen molar-refractivity contribution in [1.29, 1.82) is 0 Å². The second kappa shape index (κ2) is 5.84. The molecule has 6 heteroatoms. The fourth-order valence-corrected chi connectivity index (χ4v) is 2.08. The van der Waals surface area contributed by atoms with Crippen LogP contribution in [0.2, 0.25) is 0 Å². The van der Waals surface area contributed by atoms with Crippen molar-refractivity contribution >= 4 is 17.8 Å². The van der Waals surface area contributed by atoms with Gasteiger partial charge in [-0.2, -0.15) is 0 Å². The van der Waals surface area contributed by atoms with E-state index in [-0.39, 0.29) is 24.3 Å². The predicted molar refractivity (Wildman–Crippen MR) is 64.8 cm³/mol.